The molecule has 1 N–H and O–H groups in total. The Balaban J connectivity index is 2.28. The minimum absolute atomic E-state index is 0.206. The standard InChI is InChI=1S/C18H23NO/c1-5-15-8-6-7-9-17(15)19-14(3)16-12-13(2)10-11-18(16)20-4/h6-12,14,19H,5H2,1-4H3. The number of rotatable bonds is 5. The van der Waals surface area contributed by atoms with E-state index in [1.165, 1.54) is 22.4 Å². The summed E-state index contributed by atoms with van der Waals surface area (Å²) in [6.45, 7) is 6.46. The zero-order valence-corrected chi connectivity index (χ0v) is 12.7. The van der Waals surface area contributed by atoms with Gasteiger partial charge in [-0.2, -0.15) is 0 Å². The summed E-state index contributed by atoms with van der Waals surface area (Å²) in [6.07, 6.45) is 1.03. The molecule has 1 atom stereocenters. The first-order chi connectivity index (χ1) is 9.65. The van der Waals surface area contributed by atoms with Crippen LogP contribution in [0.2, 0.25) is 0 Å². The van der Waals surface area contributed by atoms with Crippen LogP contribution in [0.4, 0.5) is 5.69 Å². The average Bonchev–Trinajstić information content (AvgIpc) is 2.47. The van der Waals surface area contributed by atoms with Gasteiger partial charge in [0.2, 0.25) is 0 Å². The Morgan fingerprint density at radius 1 is 1.15 bits per heavy atom. The maximum atomic E-state index is 5.48. The van der Waals surface area contributed by atoms with Gasteiger partial charge >= 0.3 is 0 Å². The van der Waals surface area contributed by atoms with Crippen LogP contribution in [-0.4, -0.2) is 7.11 Å². The van der Waals surface area contributed by atoms with Crippen molar-refractivity contribution in [2.45, 2.75) is 33.2 Å². The number of hydrogen-bond acceptors (Lipinski definition) is 2. The predicted molar refractivity (Wildman–Crippen MR) is 85.6 cm³/mol. The van der Waals surface area contributed by atoms with Crippen LogP contribution in [0.5, 0.6) is 5.75 Å². The Labute approximate surface area is 121 Å². The highest BCUT2D eigenvalue weighted by Crippen LogP contribution is 2.29. The van der Waals surface area contributed by atoms with E-state index in [0.717, 1.165) is 12.2 Å². The number of ether oxygens (including phenoxy) is 1. The molecule has 2 rings (SSSR count). The molecule has 106 valence electrons. The van der Waals surface area contributed by atoms with E-state index in [9.17, 15) is 0 Å². The van der Waals surface area contributed by atoms with Crippen LogP contribution in [0.3, 0.4) is 0 Å². The van der Waals surface area contributed by atoms with Crippen molar-refractivity contribution in [3.63, 3.8) is 0 Å². The Kier molecular flexibility index (Phi) is 4.67. The van der Waals surface area contributed by atoms with Crippen molar-refractivity contribution in [1.82, 2.24) is 0 Å². The molecule has 0 aromatic heterocycles. The number of nitrogens with one attached hydrogen (secondary N) is 1. The molecule has 2 heteroatoms. The van der Waals surface area contributed by atoms with E-state index in [0.29, 0.717) is 0 Å². The van der Waals surface area contributed by atoms with E-state index in [4.69, 9.17) is 4.74 Å². The SMILES string of the molecule is CCc1ccccc1NC(C)c1cc(C)ccc1OC. The lowest BCUT2D eigenvalue weighted by atomic mass is 10.0. The molecule has 0 aliphatic carbocycles. The summed E-state index contributed by atoms with van der Waals surface area (Å²) in [5, 5.41) is 3.60. The molecule has 0 bridgehead atoms. The van der Waals surface area contributed by atoms with Crippen LogP contribution in [-0.2, 0) is 6.42 Å². The van der Waals surface area contributed by atoms with Gasteiger partial charge in [0.05, 0.1) is 13.2 Å². The van der Waals surface area contributed by atoms with Crippen molar-refractivity contribution >= 4 is 5.69 Å². The minimum atomic E-state index is 0.206. The molecule has 0 heterocycles. The van der Waals surface area contributed by atoms with Crippen molar-refractivity contribution in [3.8, 4) is 5.75 Å². The predicted octanol–water partition coefficient (Wildman–Crippen LogP) is 4.74. The highest BCUT2D eigenvalue weighted by Gasteiger charge is 2.12. The van der Waals surface area contributed by atoms with E-state index in [1.54, 1.807) is 7.11 Å². The number of anilines is 1. The molecular formula is C18H23NO. The van der Waals surface area contributed by atoms with Crippen LogP contribution in [0.25, 0.3) is 0 Å². The number of benzene rings is 2. The Morgan fingerprint density at radius 3 is 2.60 bits per heavy atom. The first-order valence-corrected chi connectivity index (χ1v) is 7.14. The van der Waals surface area contributed by atoms with Gasteiger partial charge in [0.1, 0.15) is 5.75 Å². The quantitative estimate of drug-likeness (QED) is 0.846. The van der Waals surface area contributed by atoms with Gasteiger partial charge in [-0.1, -0.05) is 42.8 Å². The van der Waals surface area contributed by atoms with Gasteiger partial charge in [-0.3, -0.25) is 0 Å². The second kappa shape index (κ2) is 6.47. The van der Waals surface area contributed by atoms with Gasteiger partial charge < -0.3 is 10.1 Å². The maximum absolute atomic E-state index is 5.48. The first-order valence-electron chi connectivity index (χ1n) is 7.14. The molecule has 2 aromatic rings. The van der Waals surface area contributed by atoms with Crippen molar-refractivity contribution in [2.24, 2.45) is 0 Å². The van der Waals surface area contributed by atoms with E-state index >= 15 is 0 Å². The lowest BCUT2D eigenvalue weighted by molar-refractivity contribution is 0.408. The third-order valence-electron chi connectivity index (χ3n) is 3.62. The number of methoxy groups -OCH3 is 1. The molecule has 1 unspecified atom stereocenters. The summed E-state index contributed by atoms with van der Waals surface area (Å²) in [7, 11) is 1.72. The van der Waals surface area contributed by atoms with Crippen LogP contribution in [0.15, 0.2) is 42.5 Å². The second-order valence-electron chi connectivity index (χ2n) is 5.12. The van der Waals surface area contributed by atoms with Crippen LogP contribution in [0, 0.1) is 6.92 Å². The summed E-state index contributed by atoms with van der Waals surface area (Å²) < 4.78 is 5.48. The topological polar surface area (TPSA) is 21.3 Å². The van der Waals surface area contributed by atoms with Crippen molar-refractivity contribution < 1.29 is 4.74 Å². The fraction of sp³-hybridized carbons (Fsp3) is 0.333. The molecule has 0 saturated carbocycles. The van der Waals surface area contributed by atoms with Gasteiger partial charge in [0.25, 0.3) is 0 Å². The highest BCUT2D eigenvalue weighted by molar-refractivity contribution is 5.54. The largest absolute Gasteiger partial charge is 0.496 e. The number of hydrogen-bond donors (Lipinski definition) is 1. The molecule has 0 aliphatic rings. The van der Waals surface area contributed by atoms with Crippen molar-refractivity contribution in [3.05, 3.63) is 59.2 Å². The average molecular weight is 269 g/mol. The monoisotopic (exact) mass is 269 g/mol. The molecule has 0 aliphatic heterocycles. The smallest absolute Gasteiger partial charge is 0.124 e. The van der Waals surface area contributed by atoms with Gasteiger partial charge in [-0.25, -0.2) is 0 Å². The molecule has 0 radical (unpaired) electrons. The van der Waals surface area contributed by atoms with Crippen LogP contribution < -0.4 is 10.1 Å². The van der Waals surface area contributed by atoms with Crippen LogP contribution >= 0.6 is 0 Å². The molecule has 2 aromatic carbocycles. The highest BCUT2D eigenvalue weighted by atomic mass is 16.5. The molecule has 2 nitrogen and oxygen atoms in total. The second-order valence-corrected chi connectivity index (χ2v) is 5.12. The zero-order chi connectivity index (χ0) is 14.5. The first kappa shape index (κ1) is 14.4. The van der Waals surface area contributed by atoms with Crippen molar-refractivity contribution in [1.29, 1.82) is 0 Å². The van der Waals surface area contributed by atoms with E-state index in [-0.39, 0.29) is 6.04 Å². The van der Waals surface area contributed by atoms with Gasteiger partial charge in [0, 0.05) is 11.3 Å². The molecule has 0 fully saturated rings. The van der Waals surface area contributed by atoms with Gasteiger partial charge in [-0.05, 0) is 38.0 Å². The third kappa shape index (κ3) is 3.13. The van der Waals surface area contributed by atoms with Gasteiger partial charge in [0.15, 0.2) is 0 Å². The number of para-hydroxylation sites is 1. The normalized spacial score (nSPS) is 12.0. The fourth-order valence-corrected chi connectivity index (χ4v) is 2.47. The summed E-state index contributed by atoms with van der Waals surface area (Å²) in [5.74, 6) is 0.935. The lowest BCUT2D eigenvalue weighted by Gasteiger charge is -2.20. The van der Waals surface area contributed by atoms with E-state index in [2.05, 4.69) is 62.5 Å². The molecule has 0 saturated heterocycles. The summed E-state index contributed by atoms with van der Waals surface area (Å²) in [5.41, 5.74) is 4.98. The summed E-state index contributed by atoms with van der Waals surface area (Å²) in [6, 6.07) is 15.0. The van der Waals surface area contributed by atoms with Crippen molar-refractivity contribution in [2.75, 3.05) is 12.4 Å². The molecular weight excluding hydrogens is 246 g/mol. The van der Waals surface area contributed by atoms with Crippen LogP contribution in [0.1, 0.15) is 36.6 Å². The Morgan fingerprint density at radius 2 is 1.90 bits per heavy atom. The summed E-state index contributed by atoms with van der Waals surface area (Å²) in [4.78, 5) is 0. The zero-order valence-electron chi connectivity index (χ0n) is 12.7. The van der Waals surface area contributed by atoms with E-state index in [1.807, 2.05) is 6.07 Å². The summed E-state index contributed by atoms with van der Waals surface area (Å²) >= 11 is 0. The molecule has 0 amide bonds. The van der Waals surface area contributed by atoms with E-state index < -0.39 is 0 Å². The minimum Gasteiger partial charge on any atom is -0.496 e. The van der Waals surface area contributed by atoms with Gasteiger partial charge in [-0.15, -0.1) is 0 Å². The third-order valence-corrected chi connectivity index (χ3v) is 3.62. The fourth-order valence-electron chi connectivity index (χ4n) is 2.47. The molecule has 0 spiro atoms. The Bertz CT molecular complexity index is 577. The maximum Gasteiger partial charge on any atom is 0.124 e. The number of aryl methyl sites for hydroxylation is 2. The lowest BCUT2D eigenvalue weighted by Crippen LogP contribution is -2.10. The Hall–Kier alpha value is -1.96. The molecule has 20 heavy (non-hydrogen) atoms.